The van der Waals surface area contributed by atoms with Crippen LogP contribution in [0.3, 0.4) is 0 Å². The zero-order valence-corrected chi connectivity index (χ0v) is 11.0. The van der Waals surface area contributed by atoms with Crippen LogP contribution in [0.2, 0.25) is 0 Å². The van der Waals surface area contributed by atoms with Gasteiger partial charge in [0.05, 0.1) is 6.67 Å². The summed E-state index contributed by atoms with van der Waals surface area (Å²) in [5.41, 5.74) is 4.44. The van der Waals surface area contributed by atoms with Crippen molar-refractivity contribution >= 4 is 21.6 Å². The van der Waals surface area contributed by atoms with E-state index < -0.39 is 0 Å². The van der Waals surface area contributed by atoms with E-state index in [1.807, 2.05) is 0 Å². The molecule has 84 valence electrons. The van der Waals surface area contributed by atoms with Gasteiger partial charge in [-0.2, -0.15) is 0 Å². The first kappa shape index (κ1) is 10.2. The van der Waals surface area contributed by atoms with Gasteiger partial charge < -0.3 is 9.80 Å². The molecule has 0 radical (unpaired) electrons. The van der Waals surface area contributed by atoms with Crippen molar-refractivity contribution in [2.24, 2.45) is 0 Å². The van der Waals surface area contributed by atoms with Crippen molar-refractivity contribution in [2.45, 2.75) is 19.3 Å². The number of aryl methyl sites for hydroxylation is 1. The monoisotopic (exact) mass is 278 g/mol. The number of nitrogens with zero attached hydrogens (tertiary/aromatic N) is 2. The van der Waals surface area contributed by atoms with Crippen LogP contribution >= 0.6 is 15.9 Å². The Hall–Kier alpha value is -0.960. The van der Waals surface area contributed by atoms with Gasteiger partial charge in [-0.1, -0.05) is 15.9 Å². The Balaban J connectivity index is 2.04. The Morgan fingerprint density at radius 3 is 2.81 bits per heavy atom. The normalized spacial score (nSPS) is 18.4. The van der Waals surface area contributed by atoms with Crippen molar-refractivity contribution in [1.82, 2.24) is 4.90 Å². The molecular weight excluding hydrogens is 264 g/mol. The number of fused-ring (bicyclic) bond motifs is 1. The van der Waals surface area contributed by atoms with E-state index in [-0.39, 0.29) is 0 Å². The van der Waals surface area contributed by atoms with E-state index in [1.54, 1.807) is 5.56 Å². The highest BCUT2D eigenvalue weighted by molar-refractivity contribution is 9.10. The molecule has 0 unspecified atom stereocenters. The van der Waals surface area contributed by atoms with Gasteiger partial charge in [-0.3, -0.25) is 0 Å². The van der Waals surface area contributed by atoms with Crippen molar-refractivity contribution in [2.75, 3.05) is 18.6 Å². The van der Waals surface area contributed by atoms with Crippen LogP contribution in [-0.4, -0.2) is 18.6 Å². The molecule has 0 atom stereocenters. The highest BCUT2D eigenvalue weighted by Gasteiger charge is 2.20. The lowest BCUT2D eigenvalue weighted by Gasteiger charge is -2.21. The fourth-order valence-corrected chi connectivity index (χ4v) is 3.08. The van der Waals surface area contributed by atoms with Crippen LogP contribution in [0.4, 0.5) is 5.69 Å². The molecule has 0 bridgehead atoms. The van der Waals surface area contributed by atoms with Gasteiger partial charge in [0.25, 0.3) is 0 Å². The third-order valence-electron chi connectivity index (χ3n) is 3.34. The molecule has 0 N–H and O–H groups in total. The molecule has 0 spiro atoms. The van der Waals surface area contributed by atoms with Gasteiger partial charge in [-0.05, 0) is 42.5 Å². The summed E-state index contributed by atoms with van der Waals surface area (Å²) in [6.45, 7) is 0.961. The van der Waals surface area contributed by atoms with Gasteiger partial charge >= 0.3 is 0 Å². The van der Waals surface area contributed by atoms with Crippen LogP contribution in [0, 0.1) is 0 Å². The van der Waals surface area contributed by atoms with E-state index in [9.17, 15) is 0 Å². The lowest BCUT2D eigenvalue weighted by molar-refractivity contribution is 0.495. The molecule has 0 amide bonds. The largest absolute Gasteiger partial charge is 0.361 e. The van der Waals surface area contributed by atoms with Crippen molar-refractivity contribution in [3.63, 3.8) is 0 Å². The van der Waals surface area contributed by atoms with Gasteiger partial charge in [-0.25, -0.2) is 0 Å². The summed E-state index contributed by atoms with van der Waals surface area (Å²) in [6, 6.07) is 4.52. The Kier molecular flexibility index (Phi) is 2.43. The minimum Gasteiger partial charge on any atom is -0.361 e. The zero-order chi connectivity index (χ0) is 11.1. The van der Waals surface area contributed by atoms with Crippen LogP contribution in [0.25, 0.3) is 0 Å². The maximum Gasteiger partial charge on any atom is 0.0939 e. The van der Waals surface area contributed by atoms with Crippen LogP contribution in [0.1, 0.15) is 17.5 Å². The lowest BCUT2D eigenvalue weighted by atomic mass is 10.1. The second-order valence-electron chi connectivity index (χ2n) is 4.58. The Morgan fingerprint density at radius 2 is 2.06 bits per heavy atom. The molecule has 1 aliphatic carbocycles. The first-order valence-corrected chi connectivity index (χ1v) is 6.50. The summed E-state index contributed by atoms with van der Waals surface area (Å²) in [5.74, 6) is 0. The molecule has 16 heavy (non-hydrogen) atoms. The SMILES string of the molecule is CN1C=CN(c2cc(Br)cc3c2CCC3)C1. The average molecular weight is 279 g/mol. The molecule has 2 nitrogen and oxygen atoms in total. The second kappa shape index (κ2) is 3.81. The summed E-state index contributed by atoms with van der Waals surface area (Å²) in [4.78, 5) is 4.52. The minimum absolute atomic E-state index is 0.961. The van der Waals surface area contributed by atoms with E-state index in [0.717, 1.165) is 6.67 Å². The Labute approximate surface area is 105 Å². The quantitative estimate of drug-likeness (QED) is 0.779. The lowest BCUT2D eigenvalue weighted by Crippen LogP contribution is -2.22. The molecule has 0 aromatic heterocycles. The van der Waals surface area contributed by atoms with Gasteiger partial charge in [0.15, 0.2) is 0 Å². The molecule has 1 heterocycles. The number of benzene rings is 1. The molecular formula is C13H15BrN2. The highest BCUT2D eigenvalue weighted by Crippen LogP contribution is 2.35. The smallest absolute Gasteiger partial charge is 0.0939 e. The molecule has 1 aromatic carbocycles. The first-order chi connectivity index (χ1) is 7.74. The predicted molar refractivity (Wildman–Crippen MR) is 70.4 cm³/mol. The molecule has 3 rings (SSSR count). The van der Waals surface area contributed by atoms with E-state index in [1.165, 1.54) is 35.0 Å². The van der Waals surface area contributed by atoms with Crippen molar-refractivity contribution in [3.8, 4) is 0 Å². The van der Waals surface area contributed by atoms with Gasteiger partial charge in [0.1, 0.15) is 0 Å². The Morgan fingerprint density at radius 1 is 1.19 bits per heavy atom. The number of rotatable bonds is 1. The van der Waals surface area contributed by atoms with Crippen molar-refractivity contribution in [1.29, 1.82) is 0 Å². The van der Waals surface area contributed by atoms with E-state index >= 15 is 0 Å². The van der Waals surface area contributed by atoms with Crippen molar-refractivity contribution in [3.05, 3.63) is 40.1 Å². The number of hydrogen-bond acceptors (Lipinski definition) is 2. The maximum absolute atomic E-state index is 3.61. The fraction of sp³-hybridized carbons (Fsp3) is 0.385. The van der Waals surface area contributed by atoms with E-state index in [2.05, 4.69) is 57.3 Å². The third kappa shape index (κ3) is 1.63. The predicted octanol–water partition coefficient (Wildman–Crippen LogP) is 3.12. The summed E-state index contributed by atoms with van der Waals surface area (Å²) in [5, 5.41) is 0. The van der Waals surface area contributed by atoms with Crippen LogP contribution in [0.15, 0.2) is 29.0 Å². The molecule has 3 heteroatoms. The summed E-state index contributed by atoms with van der Waals surface area (Å²) in [7, 11) is 2.11. The number of anilines is 1. The molecule has 2 aliphatic rings. The molecule has 0 saturated heterocycles. The van der Waals surface area contributed by atoms with Crippen LogP contribution < -0.4 is 4.90 Å². The molecule has 1 aromatic rings. The molecule has 1 aliphatic heterocycles. The molecule has 0 fully saturated rings. The third-order valence-corrected chi connectivity index (χ3v) is 3.80. The maximum atomic E-state index is 3.61. The van der Waals surface area contributed by atoms with Crippen LogP contribution in [0.5, 0.6) is 0 Å². The highest BCUT2D eigenvalue weighted by atomic mass is 79.9. The van der Waals surface area contributed by atoms with Gasteiger partial charge in [0.2, 0.25) is 0 Å². The topological polar surface area (TPSA) is 6.48 Å². The van der Waals surface area contributed by atoms with Crippen molar-refractivity contribution < 1.29 is 0 Å². The fourth-order valence-electron chi connectivity index (χ4n) is 2.59. The van der Waals surface area contributed by atoms with E-state index in [4.69, 9.17) is 0 Å². The second-order valence-corrected chi connectivity index (χ2v) is 5.50. The summed E-state index contributed by atoms with van der Waals surface area (Å²) in [6.07, 6.45) is 8.05. The van der Waals surface area contributed by atoms with E-state index in [0.29, 0.717) is 0 Å². The average Bonchev–Trinajstić information content (AvgIpc) is 2.84. The standard InChI is InChI=1S/C13H15BrN2/c1-15-5-6-16(9-15)13-8-11(14)7-10-3-2-4-12(10)13/h5-8H,2-4,9H2,1H3. The van der Waals surface area contributed by atoms with Gasteiger partial charge in [0, 0.05) is 29.6 Å². The van der Waals surface area contributed by atoms with Gasteiger partial charge in [-0.15, -0.1) is 0 Å². The van der Waals surface area contributed by atoms with Crippen LogP contribution in [-0.2, 0) is 12.8 Å². The number of hydrogen-bond donors (Lipinski definition) is 0. The zero-order valence-electron chi connectivity index (χ0n) is 9.41. The summed E-state index contributed by atoms with van der Waals surface area (Å²) < 4.78 is 1.20. The Bertz CT molecular complexity index is 453. The minimum atomic E-state index is 0.961. The summed E-state index contributed by atoms with van der Waals surface area (Å²) >= 11 is 3.61. The first-order valence-electron chi connectivity index (χ1n) is 5.70. The molecule has 0 saturated carbocycles. The number of halogens is 1.